The van der Waals surface area contributed by atoms with Crippen molar-refractivity contribution in [1.29, 1.82) is 0 Å². The van der Waals surface area contributed by atoms with E-state index in [0.29, 0.717) is 29.6 Å². The lowest BCUT2D eigenvalue weighted by Gasteiger charge is -2.22. The van der Waals surface area contributed by atoms with Crippen LogP contribution in [0.2, 0.25) is 0 Å². The first-order valence-electron chi connectivity index (χ1n) is 8.01. The molecule has 2 heterocycles. The SMILES string of the molecule is CC(=O)NCCc1ccc(S(=O)(=O)NCCC2CCCNC2)s1. The molecule has 1 aliphatic rings. The van der Waals surface area contributed by atoms with E-state index in [1.807, 2.05) is 6.07 Å². The summed E-state index contributed by atoms with van der Waals surface area (Å²) in [4.78, 5) is 11.8. The van der Waals surface area contributed by atoms with Gasteiger partial charge in [0.05, 0.1) is 0 Å². The lowest BCUT2D eigenvalue weighted by atomic mass is 9.96. The predicted molar refractivity (Wildman–Crippen MR) is 92.1 cm³/mol. The minimum atomic E-state index is -3.42. The number of rotatable bonds is 8. The minimum Gasteiger partial charge on any atom is -0.356 e. The highest BCUT2D eigenvalue weighted by Crippen LogP contribution is 2.22. The Balaban J connectivity index is 1.79. The van der Waals surface area contributed by atoms with E-state index in [-0.39, 0.29) is 5.91 Å². The molecular weight excluding hydrogens is 334 g/mol. The normalized spacial score (nSPS) is 18.7. The molecule has 1 amide bonds. The van der Waals surface area contributed by atoms with Gasteiger partial charge in [-0.15, -0.1) is 11.3 Å². The molecule has 1 aliphatic heterocycles. The molecular formula is C15H25N3O3S2. The van der Waals surface area contributed by atoms with E-state index in [0.717, 1.165) is 24.4 Å². The fourth-order valence-electron chi connectivity index (χ4n) is 2.64. The topological polar surface area (TPSA) is 87.3 Å². The molecule has 130 valence electrons. The van der Waals surface area contributed by atoms with Crippen LogP contribution in [0.5, 0.6) is 0 Å². The number of hydrogen-bond donors (Lipinski definition) is 3. The molecule has 0 aromatic carbocycles. The lowest BCUT2D eigenvalue weighted by molar-refractivity contribution is -0.118. The number of carbonyl (C=O) groups excluding carboxylic acids is 1. The molecule has 0 aliphatic carbocycles. The Labute approximate surface area is 142 Å². The van der Waals surface area contributed by atoms with Gasteiger partial charge in [0.15, 0.2) is 0 Å². The Hall–Kier alpha value is -0.960. The van der Waals surface area contributed by atoms with E-state index in [2.05, 4.69) is 15.4 Å². The van der Waals surface area contributed by atoms with E-state index in [9.17, 15) is 13.2 Å². The summed E-state index contributed by atoms with van der Waals surface area (Å²) in [6.45, 7) is 4.52. The van der Waals surface area contributed by atoms with Gasteiger partial charge in [0, 0.05) is 24.9 Å². The van der Waals surface area contributed by atoms with E-state index in [1.165, 1.54) is 31.1 Å². The van der Waals surface area contributed by atoms with E-state index in [4.69, 9.17) is 0 Å². The molecule has 1 saturated heterocycles. The van der Waals surface area contributed by atoms with E-state index < -0.39 is 10.0 Å². The Kier molecular flexibility index (Phi) is 7.01. The highest BCUT2D eigenvalue weighted by Gasteiger charge is 2.18. The van der Waals surface area contributed by atoms with Crippen LogP contribution < -0.4 is 15.4 Å². The van der Waals surface area contributed by atoms with Crippen LogP contribution in [0.15, 0.2) is 16.3 Å². The van der Waals surface area contributed by atoms with Gasteiger partial charge in [0.1, 0.15) is 4.21 Å². The molecule has 1 atom stereocenters. The number of carbonyl (C=O) groups is 1. The van der Waals surface area contributed by atoms with Gasteiger partial charge in [-0.25, -0.2) is 13.1 Å². The second-order valence-corrected chi connectivity index (χ2v) is 9.01. The van der Waals surface area contributed by atoms with Crippen LogP contribution in [0.1, 0.15) is 31.1 Å². The van der Waals surface area contributed by atoms with Crippen molar-refractivity contribution in [2.75, 3.05) is 26.2 Å². The molecule has 2 rings (SSSR count). The third kappa shape index (κ3) is 6.21. The van der Waals surface area contributed by atoms with Crippen molar-refractivity contribution in [2.24, 2.45) is 5.92 Å². The first-order valence-corrected chi connectivity index (χ1v) is 10.3. The van der Waals surface area contributed by atoms with Crippen molar-refractivity contribution in [3.8, 4) is 0 Å². The van der Waals surface area contributed by atoms with Crippen molar-refractivity contribution >= 4 is 27.3 Å². The highest BCUT2D eigenvalue weighted by molar-refractivity contribution is 7.91. The third-order valence-corrected chi connectivity index (χ3v) is 6.99. The molecule has 6 nitrogen and oxygen atoms in total. The van der Waals surface area contributed by atoms with Gasteiger partial charge < -0.3 is 10.6 Å². The third-order valence-electron chi connectivity index (χ3n) is 3.89. The van der Waals surface area contributed by atoms with Gasteiger partial charge >= 0.3 is 0 Å². The van der Waals surface area contributed by atoms with Gasteiger partial charge in [-0.3, -0.25) is 4.79 Å². The van der Waals surface area contributed by atoms with Crippen molar-refractivity contribution < 1.29 is 13.2 Å². The molecule has 1 aromatic heterocycles. The van der Waals surface area contributed by atoms with Crippen LogP contribution in [0.25, 0.3) is 0 Å². The summed E-state index contributed by atoms with van der Waals surface area (Å²) in [5.74, 6) is 0.483. The number of piperidine rings is 1. The van der Waals surface area contributed by atoms with Crippen molar-refractivity contribution in [3.05, 3.63) is 17.0 Å². The predicted octanol–water partition coefficient (Wildman–Crippen LogP) is 1.09. The van der Waals surface area contributed by atoms with Gasteiger partial charge in [-0.2, -0.15) is 0 Å². The number of nitrogens with one attached hydrogen (secondary N) is 3. The average Bonchev–Trinajstić information content (AvgIpc) is 2.97. The Morgan fingerprint density at radius 3 is 2.91 bits per heavy atom. The molecule has 3 N–H and O–H groups in total. The van der Waals surface area contributed by atoms with Crippen molar-refractivity contribution in [1.82, 2.24) is 15.4 Å². The molecule has 1 unspecified atom stereocenters. The average molecular weight is 360 g/mol. The van der Waals surface area contributed by atoms with E-state index >= 15 is 0 Å². The maximum absolute atomic E-state index is 12.3. The quantitative estimate of drug-likeness (QED) is 0.648. The van der Waals surface area contributed by atoms with Gasteiger partial charge in [0.25, 0.3) is 0 Å². The van der Waals surface area contributed by atoms with Crippen LogP contribution in [0, 0.1) is 5.92 Å². The zero-order valence-electron chi connectivity index (χ0n) is 13.4. The smallest absolute Gasteiger partial charge is 0.250 e. The second kappa shape index (κ2) is 8.77. The monoisotopic (exact) mass is 359 g/mol. The zero-order valence-corrected chi connectivity index (χ0v) is 15.1. The summed E-state index contributed by atoms with van der Waals surface area (Å²) < 4.78 is 27.6. The summed E-state index contributed by atoms with van der Waals surface area (Å²) in [7, 11) is -3.42. The maximum atomic E-state index is 12.3. The summed E-state index contributed by atoms with van der Waals surface area (Å²) in [6.07, 6.45) is 3.85. The van der Waals surface area contributed by atoms with Crippen LogP contribution in [0.3, 0.4) is 0 Å². The Morgan fingerprint density at radius 1 is 1.39 bits per heavy atom. The number of sulfonamides is 1. The molecule has 0 bridgehead atoms. The fraction of sp³-hybridized carbons (Fsp3) is 0.667. The lowest BCUT2D eigenvalue weighted by Crippen LogP contribution is -2.33. The largest absolute Gasteiger partial charge is 0.356 e. The molecule has 1 aromatic rings. The molecule has 0 radical (unpaired) electrons. The second-order valence-electron chi connectivity index (χ2n) is 5.85. The van der Waals surface area contributed by atoms with Crippen molar-refractivity contribution in [2.45, 2.75) is 36.8 Å². The summed E-state index contributed by atoms with van der Waals surface area (Å²) in [5, 5.41) is 6.05. The Bertz CT molecular complexity index is 607. The first-order chi connectivity index (χ1) is 11.0. The van der Waals surface area contributed by atoms with Crippen molar-refractivity contribution in [3.63, 3.8) is 0 Å². The van der Waals surface area contributed by atoms with Crippen LogP contribution >= 0.6 is 11.3 Å². The number of amides is 1. The van der Waals surface area contributed by atoms with E-state index in [1.54, 1.807) is 6.07 Å². The van der Waals surface area contributed by atoms with Crippen LogP contribution in [-0.2, 0) is 21.2 Å². The standard InChI is InChI=1S/C15H25N3O3S2/c1-12(19)17-9-7-14-4-5-15(22-14)23(20,21)18-10-6-13-3-2-8-16-11-13/h4-5,13,16,18H,2-3,6-11H2,1H3,(H,17,19). The number of hydrogen-bond acceptors (Lipinski definition) is 5. The summed E-state index contributed by atoms with van der Waals surface area (Å²) in [5.41, 5.74) is 0. The molecule has 8 heteroatoms. The highest BCUT2D eigenvalue weighted by atomic mass is 32.2. The van der Waals surface area contributed by atoms with Crippen LogP contribution in [0.4, 0.5) is 0 Å². The minimum absolute atomic E-state index is 0.0757. The fourth-order valence-corrected chi connectivity index (χ4v) is 5.09. The number of thiophene rings is 1. The van der Waals surface area contributed by atoms with Gasteiger partial charge in [-0.05, 0) is 56.8 Å². The van der Waals surface area contributed by atoms with Gasteiger partial charge in [0.2, 0.25) is 15.9 Å². The summed E-state index contributed by atoms with van der Waals surface area (Å²) in [6, 6.07) is 3.45. The molecule has 1 fully saturated rings. The first kappa shape index (κ1) is 18.4. The molecule has 0 spiro atoms. The zero-order chi connectivity index (χ0) is 16.7. The molecule has 0 saturated carbocycles. The Morgan fingerprint density at radius 2 is 2.22 bits per heavy atom. The summed E-state index contributed by atoms with van der Waals surface area (Å²) >= 11 is 1.26. The maximum Gasteiger partial charge on any atom is 0.250 e. The van der Waals surface area contributed by atoms with Crippen LogP contribution in [-0.4, -0.2) is 40.5 Å². The molecule has 23 heavy (non-hydrogen) atoms. The van der Waals surface area contributed by atoms with Gasteiger partial charge in [-0.1, -0.05) is 0 Å².